The molecule has 0 saturated carbocycles. The fourth-order valence-electron chi connectivity index (χ4n) is 8.59. The first-order valence-electron chi connectivity index (χ1n) is 19.9. The van der Waals surface area contributed by atoms with Gasteiger partial charge in [0.05, 0.1) is 37.6 Å². The van der Waals surface area contributed by atoms with E-state index in [-0.39, 0.29) is 35.6 Å². The standard InChI is InChI=1S/C46H56N2O8/c1-9-53-43(51)37-27(3)47-33-23-45(5,6)25-35(49)41(33)39(37)29-13-17-31(18-14-29)55-21-11-12-22-56-32-19-15-30(16-20-32)40-38(44(52)54-10-2)28(4)48-34-24-46(7,8)26-36(50)42(34)40/h13-20,39-40,47-48H,9-12,21-26H2,1-8H3. The summed E-state index contributed by atoms with van der Waals surface area (Å²) in [6.45, 7) is 17.1. The Labute approximate surface area is 330 Å². The Kier molecular flexibility index (Phi) is 12.0. The van der Waals surface area contributed by atoms with Crippen LogP contribution in [0.25, 0.3) is 0 Å². The zero-order valence-corrected chi connectivity index (χ0v) is 34.1. The summed E-state index contributed by atoms with van der Waals surface area (Å²) < 4.78 is 23.0. The van der Waals surface area contributed by atoms with E-state index >= 15 is 0 Å². The fraction of sp³-hybridized carbons (Fsp3) is 0.478. The van der Waals surface area contributed by atoms with E-state index in [1.54, 1.807) is 13.8 Å². The van der Waals surface area contributed by atoms with Crippen LogP contribution < -0.4 is 20.1 Å². The zero-order valence-electron chi connectivity index (χ0n) is 34.1. The zero-order chi connectivity index (χ0) is 40.4. The van der Waals surface area contributed by atoms with Gasteiger partial charge in [0.1, 0.15) is 11.5 Å². The van der Waals surface area contributed by atoms with Gasteiger partial charge in [0.25, 0.3) is 0 Å². The summed E-state index contributed by atoms with van der Waals surface area (Å²) in [4.78, 5) is 53.4. The van der Waals surface area contributed by atoms with Crippen molar-refractivity contribution in [2.45, 2.75) is 106 Å². The normalized spacial score (nSPS) is 21.5. The summed E-state index contributed by atoms with van der Waals surface area (Å²) >= 11 is 0. The van der Waals surface area contributed by atoms with Crippen LogP contribution in [0.5, 0.6) is 11.5 Å². The van der Waals surface area contributed by atoms with Crippen molar-refractivity contribution >= 4 is 23.5 Å². The molecule has 6 rings (SSSR count). The van der Waals surface area contributed by atoms with Gasteiger partial charge in [-0.3, -0.25) is 9.59 Å². The predicted octanol–water partition coefficient (Wildman–Crippen LogP) is 8.26. The minimum absolute atomic E-state index is 0.0510. The highest BCUT2D eigenvalue weighted by Crippen LogP contribution is 2.48. The van der Waals surface area contributed by atoms with Crippen LogP contribution in [0.4, 0.5) is 0 Å². The number of hydrogen-bond acceptors (Lipinski definition) is 10. The molecule has 0 bridgehead atoms. The summed E-state index contributed by atoms with van der Waals surface area (Å²) in [5.41, 5.74) is 6.78. The van der Waals surface area contributed by atoms with E-state index in [0.29, 0.717) is 71.2 Å². The second-order valence-corrected chi connectivity index (χ2v) is 16.8. The van der Waals surface area contributed by atoms with Crippen molar-refractivity contribution in [2.75, 3.05) is 26.4 Å². The van der Waals surface area contributed by atoms with Crippen LogP contribution in [0, 0.1) is 10.8 Å². The summed E-state index contributed by atoms with van der Waals surface area (Å²) in [5.74, 6) is -0.352. The van der Waals surface area contributed by atoms with Gasteiger partial charge in [-0.05, 0) is 99.6 Å². The second kappa shape index (κ2) is 16.5. The number of benzene rings is 2. The lowest BCUT2D eigenvalue weighted by Crippen LogP contribution is -2.38. The molecular weight excluding hydrogens is 709 g/mol. The van der Waals surface area contributed by atoms with E-state index in [2.05, 4.69) is 38.3 Å². The van der Waals surface area contributed by atoms with Gasteiger partial charge in [-0.1, -0.05) is 52.0 Å². The van der Waals surface area contributed by atoms with Crippen molar-refractivity contribution in [1.82, 2.24) is 10.6 Å². The maximum atomic E-state index is 13.5. The van der Waals surface area contributed by atoms with Crippen molar-refractivity contribution in [3.63, 3.8) is 0 Å². The molecule has 2 aliphatic carbocycles. The molecule has 2 aromatic carbocycles. The monoisotopic (exact) mass is 764 g/mol. The summed E-state index contributed by atoms with van der Waals surface area (Å²) in [7, 11) is 0. The number of esters is 2. The lowest BCUT2D eigenvalue weighted by molar-refractivity contribution is -0.139. The maximum absolute atomic E-state index is 13.5. The van der Waals surface area contributed by atoms with Gasteiger partial charge in [0.2, 0.25) is 0 Å². The molecule has 2 N–H and O–H groups in total. The summed E-state index contributed by atoms with van der Waals surface area (Å²) in [6, 6.07) is 15.3. The van der Waals surface area contributed by atoms with Gasteiger partial charge in [-0.15, -0.1) is 0 Å². The Bertz CT molecular complexity index is 1870. The number of nitrogens with one attached hydrogen (secondary N) is 2. The third-order valence-electron chi connectivity index (χ3n) is 11.0. The number of Topliss-reactive ketones (excluding diaryl/α,β-unsaturated/α-hetero) is 2. The molecule has 0 spiro atoms. The van der Waals surface area contributed by atoms with Crippen molar-refractivity contribution in [1.29, 1.82) is 0 Å². The number of hydrogen-bond donors (Lipinski definition) is 2. The fourth-order valence-corrected chi connectivity index (χ4v) is 8.59. The molecular formula is C46H56N2O8. The van der Waals surface area contributed by atoms with Crippen LogP contribution >= 0.6 is 0 Å². The first-order chi connectivity index (χ1) is 26.6. The molecule has 2 heterocycles. The Morgan fingerprint density at radius 1 is 0.607 bits per heavy atom. The predicted molar refractivity (Wildman–Crippen MR) is 214 cm³/mol. The topological polar surface area (TPSA) is 129 Å². The van der Waals surface area contributed by atoms with Crippen molar-refractivity contribution in [3.8, 4) is 11.5 Å². The first kappa shape index (κ1) is 40.5. The number of unbranched alkanes of at least 4 members (excludes halogenated alkanes) is 1. The number of carbonyl (C=O) groups excluding carboxylic acids is 4. The first-order valence-corrected chi connectivity index (χ1v) is 19.9. The van der Waals surface area contributed by atoms with Gasteiger partial charge in [0, 0.05) is 58.6 Å². The lowest BCUT2D eigenvalue weighted by Gasteiger charge is -2.39. The minimum Gasteiger partial charge on any atom is -0.494 e. The Hall–Kier alpha value is -5.12. The van der Waals surface area contributed by atoms with Gasteiger partial charge < -0.3 is 29.6 Å². The SMILES string of the molecule is CCOC(=O)C1=C(C)NC2=C(C(=O)CC(C)(C)C2)C1c1ccc(OCCCCOc2ccc(C3C(C(=O)OCC)=C(C)NC4=C3C(=O)CC(C)(C)C4)cc2)cc1. The van der Waals surface area contributed by atoms with Gasteiger partial charge >= 0.3 is 11.9 Å². The number of dihydropyridines is 2. The maximum Gasteiger partial charge on any atom is 0.336 e. The van der Waals surface area contributed by atoms with Crippen LogP contribution in [-0.2, 0) is 28.7 Å². The van der Waals surface area contributed by atoms with Crippen LogP contribution in [0.2, 0.25) is 0 Å². The number of ether oxygens (including phenoxy) is 4. The molecule has 298 valence electrons. The third kappa shape index (κ3) is 8.64. The molecule has 0 saturated heterocycles. The minimum atomic E-state index is -0.509. The molecule has 10 heteroatoms. The molecule has 56 heavy (non-hydrogen) atoms. The second-order valence-electron chi connectivity index (χ2n) is 16.8. The van der Waals surface area contributed by atoms with E-state index in [4.69, 9.17) is 18.9 Å². The van der Waals surface area contributed by atoms with Crippen LogP contribution in [0.15, 0.2) is 93.6 Å². The van der Waals surface area contributed by atoms with Gasteiger partial charge in [-0.25, -0.2) is 9.59 Å². The highest BCUT2D eigenvalue weighted by atomic mass is 16.5. The molecule has 0 amide bonds. The largest absolute Gasteiger partial charge is 0.494 e. The van der Waals surface area contributed by atoms with E-state index in [9.17, 15) is 19.2 Å². The number of rotatable bonds is 13. The van der Waals surface area contributed by atoms with E-state index in [0.717, 1.165) is 48.2 Å². The van der Waals surface area contributed by atoms with E-state index < -0.39 is 23.8 Å². The molecule has 0 aromatic heterocycles. The molecule has 0 radical (unpaired) electrons. The van der Waals surface area contributed by atoms with E-state index in [1.807, 2.05) is 62.4 Å². The highest BCUT2D eigenvalue weighted by molar-refractivity contribution is 6.05. The lowest BCUT2D eigenvalue weighted by atomic mass is 9.68. The molecule has 2 unspecified atom stereocenters. The van der Waals surface area contributed by atoms with Crippen molar-refractivity contribution < 1.29 is 38.1 Å². The van der Waals surface area contributed by atoms with Crippen LogP contribution in [0.3, 0.4) is 0 Å². The van der Waals surface area contributed by atoms with Gasteiger partial charge in [0.15, 0.2) is 11.6 Å². The Morgan fingerprint density at radius 3 is 1.30 bits per heavy atom. The van der Waals surface area contributed by atoms with Crippen LogP contribution in [-0.4, -0.2) is 49.9 Å². The molecule has 2 aromatic rings. The highest BCUT2D eigenvalue weighted by Gasteiger charge is 2.44. The van der Waals surface area contributed by atoms with E-state index in [1.165, 1.54) is 0 Å². The average molecular weight is 765 g/mol. The molecule has 4 aliphatic rings. The molecule has 2 aliphatic heterocycles. The summed E-state index contributed by atoms with van der Waals surface area (Å²) in [5, 5.41) is 6.74. The quantitative estimate of drug-likeness (QED) is 0.152. The Balaban J connectivity index is 1.06. The third-order valence-corrected chi connectivity index (χ3v) is 11.0. The molecule has 10 nitrogen and oxygen atoms in total. The number of allylic oxidation sites excluding steroid dienone is 6. The van der Waals surface area contributed by atoms with Gasteiger partial charge in [-0.2, -0.15) is 0 Å². The molecule has 2 atom stereocenters. The van der Waals surface area contributed by atoms with Crippen molar-refractivity contribution in [3.05, 3.63) is 105 Å². The smallest absolute Gasteiger partial charge is 0.336 e. The average Bonchev–Trinajstić information content (AvgIpc) is 3.11. The number of ketones is 2. The Morgan fingerprint density at radius 2 is 0.964 bits per heavy atom. The molecule has 0 fully saturated rings. The summed E-state index contributed by atoms with van der Waals surface area (Å²) in [6.07, 6.45) is 3.82. The number of carbonyl (C=O) groups is 4. The van der Waals surface area contributed by atoms with Crippen molar-refractivity contribution in [2.24, 2.45) is 10.8 Å². The van der Waals surface area contributed by atoms with Crippen LogP contribution in [0.1, 0.15) is 117 Å².